The Hall–Kier alpha value is -1.94. The van der Waals surface area contributed by atoms with E-state index in [1.54, 1.807) is 24.3 Å². The summed E-state index contributed by atoms with van der Waals surface area (Å²) in [5.74, 6) is -0.273. The van der Waals surface area contributed by atoms with Gasteiger partial charge in [0.25, 0.3) is 5.91 Å². The Morgan fingerprint density at radius 3 is 2.61 bits per heavy atom. The van der Waals surface area contributed by atoms with Crippen LogP contribution in [-0.2, 0) is 4.74 Å². The predicted octanol–water partition coefficient (Wildman–Crippen LogP) is 0.758. The number of nitriles is 1. The molecule has 6 heteroatoms. The fourth-order valence-electron chi connectivity index (χ4n) is 2.66. The van der Waals surface area contributed by atoms with Gasteiger partial charge in [-0.05, 0) is 37.4 Å². The maximum Gasteiger partial charge on any atom is 0.251 e. The summed E-state index contributed by atoms with van der Waals surface area (Å²) in [6.45, 7) is 6.87. The normalized spacial score (nSPS) is 23.7. The highest BCUT2D eigenvalue weighted by atomic mass is 16.5. The van der Waals surface area contributed by atoms with Crippen molar-refractivity contribution in [2.75, 3.05) is 26.2 Å². The molecule has 1 saturated heterocycles. The lowest BCUT2D eigenvalue weighted by Gasteiger charge is -2.24. The topological polar surface area (TPSA) is 85.6 Å². The van der Waals surface area contributed by atoms with Crippen LogP contribution in [0.5, 0.6) is 0 Å². The summed E-state index contributed by atoms with van der Waals surface area (Å²) in [4.78, 5) is 14.4. The number of nitrogens with zero attached hydrogens (tertiary/aromatic N) is 2. The first-order chi connectivity index (χ1) is 11.1. The van der Waals surface area contributed by atoms with Crippen LogP contribution in [-0.4, -0.2) is 60.4 Å². The first-order valence-corrected chi connectivity index (χ1v) is 7.92. The minimum atomic E-state index is -0.724. The summed E-state index contributed by atoms with van der Waals surface area (Å²) < 4.78 is 5.64. The number of carbonyl (C=O) groups excluding carboxylic acids is 1. The number of hydrogen-bond donors (Lipinski definition) is 2. The number of aliphatic hydroxyl groups is 1. The van der Waals surface area contributed by atoms with Crippen LogP contribution in [0.3, 0.4) is 0 Å². The molecule has 23 heavy (non-hydrogen) atoms. The third kappa shape index (κ3) is 4.29. The summed E-state index contributed by atoms with van der Waals surface area (Å²) in [6.07, 6.45) is -1.01. The number of nitrogens with one attached hydrogen (secondary N) is 1. The number of amides is 1. The van der Waals surface area contributed by atoms with E-state index >= 15 is 0 Å². The van der Waals surface area contributed by atoms with Gasteiger partial charge >= 0.3 is 0 Å². The molecule has 1 aliphatic heterocycles. The van der Waals surface area contributed by atoms with E-state index in [1.807, 2.05) is 6.07 Å². The highest BCUT2D eigenvalue weighted by Crippen LogP contribution is 2.16. The summed E-state index contributed by atoms with van der Waals surface area (Å²) >= 11 is 0. The van der Waals surface area contributed by atoms with Crippen molar-refractivity contribution in [3.8, 4) is 6.07 Å². The van der Waals surface area contributed by atoms with Crippen LogP contribution in [0.4, 0.5) is 0 Å². The molecular formula is C17H23N3O3. The number of likely N-dealkylation sites (N-methyl/N-ethyl adjacent to an activating group) is 1. The molecule has 0 aromatic heterocycles. The van der Waals surface area contributed by atoms with Crippen LogP contribution >= 0.6 is 0 Å². The molecule has 1 unspecified atom stereocenters. The van der Waals surface area contributed by atoms with Crippen molar-refractivity contribution in [2.24, 2.45) is 0 Å². The number of ether oxygens (including phenoxy) is 1. The van der Waals surface area contributed by atoms with E-state index in [0.717, 1.165) is 13.1 Å². The molecule has 124 valence electrons. The van der Waals surface area contributed by atoms with Crippen LogP contribution in [0.25, 0.3) is 0 Å². The van der Waals surface area contributed by atoms with Crippen molar-refractivity contribution in [1.82, 2.24) is 10.2 Å². The van der Waals surface area contributed by atoms with E-state index < -0.39 is 12.1 Å². The monoisotopic (exact) mass is 317 g/mol. The zero-order chi connectivity index (χ0) is 16.8. The lowest BCUT2D eigenvalue weighted by atomic mass is 10.1. The Bertz CT molecular complexity index is 563. The highest BCUT2D eigenvalue weighted by Gasteiger charge is 2.37. The van der Waals surface area contributed by atoms with Crippen LogP contribution in [0.2, 0.25) is 0 Å². The first kappa shape index (κ1) is 17.4. The molecule has 0 bridgehead atoms. The minimum Gasteiger partial charge on any atom is -0.388 e. The maximum absolute atomic E-state index is 12.2. The lowest BCUT2D eigenvalue weighted by Crippen LogP contribution is -2.46. The Morgan fingerprint density at radius 2 is 2.04 bits per heavy atom. The molecule has 1 aliphatic rings. The molecule has 0 spiro atoms. The Kier molecular flexibility index (Phi) is 6.11. The average molecular weight is 317 g/mol. The zero-order valence-electron chi connectivity index (χ0n) is 13.5. The van der Waals surface area contributed by atoms with E-state index in [2.05, 4.69) is 24.1 Å². The maximum atomic E-state index is 12.2. The van der Waals surface area contributed by atoms with Crippen molar-refractivity contribution in [1.29, 1.82) is 5.26 Å². The fraction of sp³-hybridized carbons (Fsp3) is 0.529. The summed E-state index contributed by atoms with van der Waals surface area (Å²) in [5.41, 5.74) is 0.966. The van der Waals surface area contributed by atoms with Crippen molar-refractivity contribution < 1.29 is 14.6 Å². The molecule has 2 rings (SSSR count). The van der Waals surface area contributed by atoms with E-state index in [-0.39, 0.29) is 12.0 Å². The van der Waals surface area contributed by atoms with E-state index in [1.165, 1.54) is 0 Å². The van der Waals surface area contributed by atoms with Gasteiger partial charge in [-0.25, -0.2) is 0 Å². The molecule has 2 N–H and O–H groups in total. The number of rotatable bonds is 6. The van der Waals surface area contributed by atoms with Gasteiger partial charge in [-0.15, -0.1) is 0 Å². The van der Waals surface area contributed by atoms with Crippen molar-refractivity contribution in [3.05, 3.63) is 35.4 Å². The van der Waals surface area contributed by atoms with Crippen LogP contribution in [0.15, 0.2) is 24.3 Å². The Labute approximate surface area is 136 Å². The largest absolute Gasteiger partial charge is 0.388 e. The van der Waals surface area contributed by atoms with Crippen molar-refractivity contribution in [2.45, 2.75) is 32.1 Å². The minimum absolute atomic E-state index is 0.273. The van der Waals surface area contributed by atoms with Crippen molar-refractivity contribution in [3.63, 3.8) is 0 Å². The summed E-state index contributed by atoms with van der Waals surface area (Å²) in [6, 6.07) is 7.99. The first-order valence-electron chi connectivity index (χ1n) is 7.92. The third-order valence-electron chi connectivity index (χ3n) is 4.21. The number of carbonyl (C=O) groups is 1. The molecule has 0 saturated carbocycles. The van der Waals surface area contributed by atoms with Gasteiger partial charge in [0.05, 0.1) is 30.4 Å². The lowest BCUT2D eigenvalue weighted by molar-refractivity contribution is 0.0171. The molecule has 1 heterocycles. The van der Waals surface area contributed by atoms with Gasteiger partial charge in [-0.3, -0.25) is 4.79 Å². The van der Waals surface area contributed by atoms with Gasteiger partial charge in [0.15, 0.2) is 0 Å². The van der Waals surface area contributed by atoms with E-state index in [9.17, 15) is 9.90 Å². The van der Waals surface area contributed by atoms with Crippen molar-refractivity contribution >= 4 is 5.91 Å². The second-order valence-electron chi connectivity index (χ2n) is 5.62. The summed E-state index contributed by atoms with van der Waals surface area (Å²) in [5, 5.41) is 21.9. The predicted molar refractivity (Wildman–Crippen MR) is 85.9 cm³/mol. The third-order valence-corrected chi connectivity index (χ3v) is 4.21. The smallest absolute Gasteiger partial charge is 0.251 e. The van der Waals surface area contributed by atoms with Crippen LogP contribution < -0.4 is 5.32 Å². The molecule has 1 aromatic rings. The Morgan fingerprint density at radius 1 is 1.39 bits per heavy atom. The summed E-state index contributed by atoms with van der Waals surface area (Å²) in [7, 11) is 0. The molecule has 1 aromatic carbocycles. The van der Waals surface area contributed by atoms with Gasteiger partial charge in [-0.2, -0.15) is 5.26 Å². The molecule has 0 radical (unpaired) electrons. The Balaban J connectivity index is 1.92. The van der Waals surface area contributed by atoms with Crippen LogP contribution in [0.1, 0.15) is 29.8 Å². The van der Waals surface area contributed by atoms with Gasteiger partial charge in [0.2, 0.25) is 0 Å². The fourth-order valence-corrected chi connectivity index (χ4v) is 2.66. The molecule has 6 nitrogen and oxygen atoms in total. The van der Waals surface area contributed by atoms with E-state index in [0.29, 0.717) is 24.3 Å². The molecular weight excluding hydrogens is 294 g/mol. The number of benzene rings is 1. The second kappa shape index (κ2) is 8.06. The molecule has 3 atom stereocenters. The van der Waals surface area contributed by atoms with Gasteiger partial charge in [-0.1, -0.05) is 13.8 Å². The molecule has 1 fully saturated rings. The van der Waals surface area contributed by atoms with Gasteiger partial charge < -0.3 is 20.1 Å². The van der Waals surface area contributed by atoms with E-state index in [4.69, 9.17) is 10.00 Å². The molecule has 0 aliphatic carbocycles. The van der Waals surface area contributed by atoms with Crippen LogP contribution in [0, 0.1) is 11.3 Å². The quantitative estimate of drug-likeness (QED) is 0.809. The number of aliphatic hydroxyl groups excluding tert-OH is 1. The van der Waals surface area contributed by atoms with Gasteiger partial charge in [0.1, 0.15) is 6.10 Å². The standard InChI is InChI=1S/C17H23N3O3/c1-3-20(4-2)10-15-16(21)14(11-23-15)19-17(22)13-7-5-12(9-18)6-8-13/h5-8,14-16,21H,3-4,10-11H2,1-2H3,(H,19,22)/t14?,15-,16+/m0/s1. The highest BCUT2D eigenvalue weighted by molar-refractivity contribution is 5.94. The molecule has 1 amide bonds. The number of hydrogen-bond acceptors (Lipinski definition) is 5. The SMILES string of the molecule is CCN(CC)C[C@@H]1OCC(NC(=O)c2ccc(C#N)cc2)[C@H]1O. The zero-order valence-corrected chi connectivity index (χ0v) is 13.5. The second-order valence-corrected chi connectivity index (χ2v) is 5.62. The van der Waals surface area contributed by atoms with Gasteiger partial charge in [0, 0.05) is 12.1 Å². The average Bonchev–Trinajstić information content (AvgIpc) is 2.92.